The number of likely N-dealkylation sites (tertiary alicyclic amines) is 1. The number of anilines is 1. The van der Waals surface area contributed by atoms with Crippen LogP contribution >= 0.6 is 11.6 Å². The highest BCUT2D eigenvalue weighted by Crippen LogP contribution is 2.27. The number of piperidine rings is 1. The Bertz CT molecular complexity index is 858. The van der Waals surface area contributed by atoms with E-state index in [0.29, 0.717) is 40.5 Å². The fraction of sp³-hybridized carbons (Fsp3) is 0.474. The minimum atomic E-state index is -0.508. The molecular weight excluding hydrogens is 368 g/mol. The van der Waals surface area contributed by atoms with Crippen molar-refractivity contribution in [2.75, 3.05) is 18.4 Å². The van der Waals surface area contributed by atoms with Crippen LogP contribution in [0.3, 0.4) is 0 Å². The van der Waals surface area contributed by atoms with Crippen LogP contribution in [0.25, 0.3) is 11.0 Å². The molecule has 7 nitrogen and oxygen atoms in total. The van der Waals surface area contributed by atoms with E-state index in [9.17, 15) is 9.59 Å². The molecule has 0 aliphatic carbocycles. The van der Waals surface area contributed by atoms with Gasteiger partial charge in [-0.3, -0.25) is 9.78 Å². The van der Waals surface area contributed by atoms with Gasteiger partial charge in [-0.25, -0.2) is 9.78 Å². The number of nitrogens with one attached hydrogen (secondary N) is 1. The minimum Gasteiger partial charge on any atom is -0.444 e. The highest BCUT2D eigenvalue weighted by Gasteiger charge is 2.27. The average Bonchev–Trinajstić information content (AvgIpc) is 2.61. The fourth-order valence-corrected chi connectivity index (χ4v) is 3.18. The summed E-state index contributed by atoms with van der Waals surface area (Å²) < 4.78 is 5.43. The van der Waals surface area contributed by atoms with Gasteiger partial charge in [0.25, 0.3) is 0 Å². The van der Waals surface area contributed by atoms with Crippen LogP contribution in [0.15, 0.2) is 18.3 Å². The zero-order chi connectivity index (χ0) is 19.6. The first-order valence-electron chi connectivity index (χ1n) is 8.92. The van der Waals surface area contributed by atoms with Crippen LogP contribution in [0.2, 0.25) is 5.15 Å². The number of aromatic nitrogens is 2. The van der Waals surface area contributed by atoms with E-state index in [2.05, 4.69) is 15.3 Å². The summed E-state index contributed by atoms with van der Waals surface area (Å²) in [4.78, 5) is 34.0. The van der Waals surface area contributed by atoms with E-state index in [4.69, 9.17) is 16.3 Å². The molecule has 0 bridgehead atoms. The maximum Gasteiger partial charge on any atom is 0.410 e. The molecule has 144 valence electrons. The number of fused-ring (bicyclic) bond motifs is 1. The topological polar surface area (TPSA) is 84.4 Å². The van der Waals surface area contributed by atoms with Gasteiger partial charge < -0.3 is 15.0 Å². The molecule has 2 aromatic heterocycles. The third-order valence-corrected chi connectivity index (χ3v) is 4.54. The number of hydrogen-bond donors (Lipinski definition) is 1. The SMILES string of the molecule is CC(C)(C)OC(=O)N1CCC(Nc2c(C=O)cnc3ccc(Cl)nc23)CC1. The molecule has 0 radical (unpaired) electrons. The molecule has 1 amide bonds. The van der Waals surface area contributed by atoms with E-state index >= 15 is 0 Å². The zero-order valence-electron chi connectivity index (χ0n) is 15.7. The first kappa shape index (κ1) is 19.4. The highest BCUT2D eigenvalue weighted by molar-refractivity contribution is 6.29. The van der Waals surface area contributed by atoms with E-state index in [-0.39, 0.29) is 12.1 Å². The van der Waals surface area contributed by atoms with Gasteiger partial charge in [0.1, 0.15) is 16.3 Å². The van der Waals surface area contributed by atoms with Crippen LogP contribution in [0.5, 0.6) is 0 Å². The summed E-state index contributed by atoms with van der Waals surface area (Å²) in [6.45, 7) is 6.73. The number of carbonyl (C=O) groups excluding carboxylic acids is 2. The molecule has 1 saturated heterocycles. The van der Waals surface area contributed by atoms with Crippen molar-refractivity contribution in [3.8, 4) is 0 Å². The highest BCUT2D eigenvalue weighted by atomic mass is 35.5. The van der Waals surface area contributed by atoms with Crippen molar-refractivity contribution >= 4 is 40.7 Å². The fourth-order valence-electron chi connectivity index (χ4n) is 3.03. The zero-order valence-corrected chi connectivity index (χ0v) is 16.4. The number of carbonyl (C=O) groups is 2. The number of halogens is 1. The summed E-state index contributed by atoms with van der Waals surface area (Å²) >= 11 is 6.02. The van der Waals surface area contributed by atoms with Crippen LogP contribution in [0, 0.1) is 0 Å². The normalized spacial score (nSPS) is 15.6. The van der Waals surface area contributed by atoms with Crippen molar-refractivity contribution in [2.24, 2.45) is 0 Å². The van der Waals surface area contributed by atoms with Crippen LogP contribution in [0.1, 0.15) is 44.0 Å². The van der Waals surface area contributed by atoms with E-state index < -0.39 is 5.60 Å². The largest absolute Gasteiger partial charge is 0.444 e. The van der Waals surface area contributed by atoms with Gasteiger partial charge in [-0.2, -0.15) is 0 Å². The van der Waals surface area contributed by atoms with Crippen LogP contribution < -0.4 is 5.32 Å². The van der Waals surface area contributed by atoms with E-state index in [1.54, 1.807) is 17.0 Å². The molecule has 1 aliphatic heterocycles. The van der Waals surface area contributed by atoms with Gasteiger partial charge in [-0.15, -0.1) is 0 Å². The molecule has 0 unspecified atom stereocenters. The lowest BCUT2D eigenvalue weighted by molar-refractivity contribution is 0.0210. The second-order valence-corrected chi connectivity index (χ2v) is 7.98. The smallest absolute Gasteiger partial charge is 0.410 e. The van der Waals surface area contributed by atoms with Crippen LogP contribution in [0.4, 0.5) is 10.5 Å². The van der Waals surface area contributed by atoms with Gasteiger partial charge in [-0.1, -0.05) is 11.6 Å². The van der Waals surface area contributed by atoms with E-state index in [0.717, 1.165) is 19.1 Å². The molecule has 3 heterocycles. The van der Waals surface area contributed by atoms with Crippen molar-refractivity contribution in [3.05, 3.63) is 29.0 Å². The number of aldehydes is 1. The second-order valence-electron chi connectivity index (χ2n) is 7.59. The minimum absolute atomic E-state index is 0.105. The van der Waals surface area contributed by atoms with Gasteiger partial charge in [0.2, 0.25) is 0 Å². The Morgan fingerprint density at radius 1 is 1.33 bits per heavy atom. The summed E-state index contributed by atoms with van der Waals surface area (Å²) in [5.41, 5.74) is 1.80. The molecule has 0 saturated carbocycles. The molecule has 1 aliphatic rings. The van der Waals surface area contributed by atoms with Crippen molar-refractivity contribution in [1.82, 2.24) is 14.9 Å². The third-order valence-electron chi connectivity index (χ3n) is 4.33. The summed E-state index contributed by atoms with van der Waals surface area (Å²) in [6, 6.07) is 3.55. The van der Waals surface area contributed by atoms with Gasteiger partial charge in [-0.05, 0) is 45.7 Å². The Labute approximate surface area is 163 Å². The van der Waals surface area contributed by atoms with Crippen molar-refractivity contribution in [3.63, 3.8) is 0 Å². The summed E-state index contributed by atoms with van der Waals surface area (Å²) in [5, 5.41) is 3.75. The van der Waals surface area contributed by atoms with Gasteiger partial charge in [0, 0.05) is 25.3 Å². The van der Waals surface area contributed by atoms with Crippen molar-refractivity contribution in [1.29, 1.82) is 0 Å². The first-order chi connectivity index (χ1) is 12.8. The Balaban J connectivity index is 1.73. The second kappa shape index (κ2) is 7.68. The lowest BCUT2D eigenvalue weighted by atomic mass is 10.0. The monoisotopic (exact) mass is 390 g/mol. The third kappa shape index (κ3) is 4.66. The predicted molar refractivity (Wildman–Crippen MR) is 104 cm³/mol. The molecule has 8 heteroatoms. The Morgan fingerprint density at radius 3 is 2.67 bits per heavy atom. The Hall–Kier alpha value is -2.41. The first-order valence-corrected chi connectivity index (χ1v) is 9.29. The number of rotatable bonds is 3. The van der Waals surface area contributed by atoms with Gasteiger partial charge in [0.15, 0.2) is 6.29 Å². The average molecular weight is 391 g/mol. The van der Waals surface area contributed by atoms with Crippen molar-refractivity contribution in [2.45, 2.75) is 45.3 Å². The number of amides is 1. The molecule has 27 heavy (non-hydrogen) atoms. The van der Waals surface area contributed by atoms with Gasteiger partial charge >= 0.3 is 6.09 Å². The summed E-state index contributed by atoms with van der Waals surface area (Å²) in [5.74, 6) is 0. The number of nitrogens with zero attached hydrogens (tertiary/aromatic N) is 3. The lowest BCUT2D eigenvalue weighted by Crippen LogP contribution is -2.44. The number of ether oxygens (including phenoxy) is 1. The number of hydrogen-bond acceptors (Lipinski definition) is 6. The molecule has 1 N–H and O–H groups in total. The molecule has 3 rings (SSSR count). The Morgan fingerprint density at radius 2 is 2.04 bits per heavy atom. The quantitative estimate of drug-likeness (QED) is 0.631. The molecule has 0 atom stereocenters. The van der Waals surface area contributed by atoms with E-state index in [1.165, 1.54) is 6.20 Å². The summed E-state index contributed by atoms with van der Waals surface area (Å²) in [6.07, 6.45) is 3.47. The Kier molecular flexibility index (Phi) is 5.51. The molecule has 0 aromatic carbocycles. The van der Waals surface area contributed by atoms with E-state index in [1.807, 2.05) is 20.8 Å². The summed E-state index contributed by atoms with van der Waals surface area (Å²) in [7, 11) is 0. The maximum absolute atomic E-state index is 12.2. The predicted octanol–water partition coefficient (Wildman–Crippen LogP) is 3.91. The van der Waals surface area contributed by atoms with Crippen molar-refractivity contribution < 1.29 is 14.3 Å². The van der Waals surface area contributed by atoms with Gasteiger partial charge in [0.05, 0.1) is 16.8 Å². The van der Waals surface area contributed by atoms with Crippen LogP contribution in [-0.4, -0.2) is 52.0 Å². The molecule has 2 aromatic rings. The van der Waals surface area contributed by atoms with Crippen LogP contribution in [-0.2, 0) is 4.74 Å². The lowest BCUT2D eigenvalue weighted by Gasteiger charge is -2.34. The standard InChI is InChI=1S/C19H23ClN4O3/c1-19(2,3)27-18(26)24-8-6-13(7-9-24)22-16-12(11-25)10-21-14-4-5-15(20)23-17(14)16/h4-5,10-11,13H,6-9H2,1-3H3,(H,21,22). The maximum atomic E-state index is 12.2. The molecular formula is C19H23ClN4O3. The number of pyridine rings is 2. The molecule has 0 spiro atoms. The molecule has 1 fully saturated rings.